The number of para-hydroxylation sites is 1. The molecule has 1 saturated carbocycles. The van der Waals surface area contributed by atoms with Crippen molar-refractivity contribution in [1.29, 1.82) is 0 Å². The molecule has 0 spiro atoms. The number of nitrogens with one attached hydrogen (secondary N) is 1. The lowest BCUT2D eigenvalue weighted by molar-refractivity contribution is 0.168. The predicted molar refractivity (Wildman–Crippen MR) is 137 cm³/mol. The van der Waals surface area contributed by atoms with Crippen molar-refractivity contribution in [2.75, 3.05) is 26.7 Å². The molecule has 1 atom stereocenters. The molecule has 1 aliphatic heterocycles. The van der Waals surface area contributed by atoms with Gasteiger partial charge in [-0.2, -0.15) is 0 Å². The molecule has 2 aromatic rings. The van der Waals surface area contributed by atoms with Crippen LogP contribution in [0.5, 0.6) is 5.75 Å². The molecule has 1 aromatic heterocycles. The molecule has 2 heterocycles. The van der Waals surface area contributed by atoms with E-state index in [1.807, 2.05) is 24.3 Å². The molecule has 34 heavy (non-hydrogen) atoms. The normalized spacial score (nSPS) is 18.4. The van der Waals surface area contributed by atoms with Crippen molar-refractivity contribution in [3.8, 4) is 5.75 Å². The number of aromatic nitrogens is 1. The van der Waals surface area contributed by atoms with Crippen LogP contribution in [0.4, 0.5) is 4.79 Å². The largest absolute Gasteiger partial charge is 0.496 e. The summed E-state index contributed by atoms with van der Waals surface area (Å²) < 4.78 is 5.51. The number of likely N-dealkylation sites (tertiary alicyclic amines) is 1. The lowest BCUT2D eigenvalue weighted by atomic mass is 9.88. The van der Waals surface area contributed by atoms with E-state index in [1.165, 1.54) is 37.7 Å². The van der Waals surface area contributed by atoms with Crippen LogP contribution < -0.4 is 10.1 Å². The van der Waals surface area contributed by atoms with Crippen LogP contribution in [0, 0.1) is 5.92 Å². The van der Waals surface area contributed by atoms with Gasteiger partial charge in [0.2, 0.25) is 0 Å². The molecule has 6 nitrogen and oxygen atoms in total. The summed E-state index contributed by atoms with van der Waals surface area (Å²) in [5.74, 6) is 2.48. The number of hydrogen-bond acceptors (Lipinski definition) is 4. The molecule has 1 aromatic carbocycles. The van der Waals surface area contributed by atoms with Gasteiger partial charge in [-0.25, -0.2) is 4.79 Å². The van der Waals surface area contributed by atoms with Crippen LogP contribution in [0.2, 0.25) is 0 Å². The number of methoxy groups -OCH3 is 1. The average molecular weight is 468 g/mol. The number of piperidine rings is 1. The van der Waals surface area contributed by atoms with Crippen LogP contribution in [0.25, 0.3) is 0 Å². The zero-order chi connectivity index (χ0) is 24.2. The third-order valence-electron chi connectivity index (χ3n) is 7.07. The van der Waals surface area contributed by atoms with Crippen molar-refractivity contribution in [2.24, 2.45) is 5.92 Å². The van der Waals surface area contributed by atoms with Crippen molar-refractivity contribution in [2.45, 2.75) is 70.3 Å². The minimum Gasteiger partial charge on any atom is -0.496 e. The maximum Gasteiger partial charge on any atom is 0.404 e. The monoisotopic (exact) mass is 467 g/mol. The Bertz CT molecular complexity index is 847. The summed E-state index contributed by atoms with van der Waals surface area (Å²) in [6, 6.07) is 11.9. The van der Waals surface area contributed by atoms with Gasteiger partial charge >= 0.3 is 6.09 Å². The molecular weight excluding hydrogens is 426 g/mol. The van der Waals surface area contributed by atoms with E-state index in [0.29, 0.717) is 18.9 Å². The van der Waals surface area contributed by atoms with E-state index in [4.69, 9.17) is 4.74 Å². The van der Waals surface area contributed by atoms with Crippen LogP contribution >= 0.6 is 0 Å². The Kier molecular flexibility index (Phi) is 10.7. The molecule has 6 heteroatoms. The third kappa shape index (κ3) is 8.64. The second-order valence-electron chi connectivity index (χ2n) is 9.77. The Morgan fingerprint density at radius 1 is 1.12 bits per heavy atom. The van der Waals surface area contributed by atoms with Gasteiger partial charge in [-0.05, 0) is 67.4 Å². The molecular formula is C28H41N3O3. The molecule has 186 valence electrons. The Hall–Kier alpha value is -2.60. The Morgan fingerprint density at radius 2 is 1.85 bits per heavy atom. The van der Waals surface area contributed by atoms with Crippen molar-refractivity contribution in [3.63, 3.8) is 0 Å². The molecule has 2 aliphatic rings. The van der Waals surface area contributed by atoms with E-state index < -0.39 is 6.09 Å². The van der Waals surface area contributed by atoms with Gasteiger partial charge in [0, 0.05) is 25.0 Å². The maximum atomic E-state index is 11.2. The zero-order valence-electron chi connectivity index (χ0n) is 20.8. The van der Waals surface area contributed by atoms with Crippen molar-refractivity contribution < 1.29 is 14.6 Å². The van der Waals surface area contributed by atoms with Gasteiger partial charge in [0.05, 0.1) is 7.11 Å². The summed E-state index contributed by atoms with van der Waals surface area (Å²) in [4.78, 5) is 17.7. The summed E-state index contributed by atoms with van der Waals surface area (Å²) in [5.41, 5.74) is 2.32. The highest BCUT2D eigenvalue weighted by Crippen LogP contribution is 2.34. The molecule has 2 N–H and O–H groups in total. The first-order valence-corrected chi connectivity index (χ1v) is 12.8. The highest BCUT2D eigenvalue weighted by atomic mass is 16.5. The summed E-state index contributed by atoms with van der Waals surface area (Å²) >= 11 is 0. The lowest BCUT2D eigenvalue weighted by Crippen LogP contribution is -2.46. The van der Waals surface area contributed by atoms with Crippen molar-refractivity contribution in [1.82, 2.24) is 15.2 Å². The Balaban J connectivity index is 0.000000396. The van der Waals surface area contributed by atoms with Crippen LogP contribution in [0.1, 0.15) is 68.9 Å². The highest BCUT2D eigenvalue weighted by Gasteiger charge is 2.25. The van der Waals surface area contributed by atoms with E-state index in [0.717, 1.165) is 43.2 Å². The first-order valence-electron chi connectivity index (χ1n) is 12.8. The molecule has 1 saturated heterocycles. The summed E-state index contributed by atoms with van der Waals surface area (Å²) in [6.45, 7) is 4.97. The lowest BCUT2D eigenvalue weighted by Gasteiger charge is -2.34. The highest BCUT2D eigenvalue weighted by molar-refractivity contribution is 5.64. The molecule has 2 fully saturated rings. The second kappa shape index (κ2) is 14.0. The molecule has 4 rings (SSSR count). The minimum atomic E-state index is -0.979. The number of pyridine rings is 1. The summed E-state index contributed by atoms with van der Waals surface area (Å²) in [7, 11) is 1.72. The topological polar surface area (TPSA) is 74.7 Å². The molecule has 0 unspecified atom stereocenters. The smallest absolute Gasteiger partial charge is 0.404 e. The molecule has 0 bridgehead atoms. The first kappa shape index (κ1) is 26.0. The number of amides is 1. The van der Waals surface area contributed by atoms with Gasteiger partial charge in [0.25, 0.3) is 0 Å². The second-order valence-corrected chi connectivity index (χ2v) is 9.77. The maximum absolute atomic E-state index is 11.2. The van der Waals surface area contributed by atoms with Crippen LogP contribution in [-0.2, 0) is 6.42 Å². The Labute approximate surface area is 204 Å². The molecule has 1 amide bonds. The fourth-order valence-electron chi connectivity index (χ4n) is 5.19. The van der Waals surface area contributed by atoms with E-state index in [1.54, 1.807) is 19.5 Å². The fourth-order valence-corrected chi connectivity index (χ4v) is 5.19. The molecule has 0 radical (unpaired) electrons. The van der Waals surface area contributed by atoms with E-state index in [-0.39, 0.29) is 6.04 Å². The number of rotatable bonds is 7. The van der Waals surface area contributed by atoms with Gasteiger partial charge < -0.3 is 20.1 Å². The van der Waals surface area contributed by atoms with E-state index in [2.05, 4.69) is 34.3 Å². The summed E-state index contributed by atoms with van der Waals surface area (Å²) in [6.07, 6.45) is 12.7. The van der Waals surface area contributed by atoms with Gasteiger partial charge in [0.15, 0.2) is 0 Å². The van der Waals surface area contributed by atoms with Crippen LogP contribution in [0.15, 0.2) is 48.8 Å². The van der Waals surface area contributed by atoms with Crippen molar-refractivity contribution in [3.05, 3.63) is 59.9 Å². The minimum absolute atomic E-state index is 0.144. The fraction of sp³-hybridized carbons (Fsp3) is 0.571. The van der Waals surface area contributed by atoms with Gasteiger partial charge in [-0.1, -0.05) is 63.3 Å². The SMILES string of the molecule is CC1CCCCC1.COc1ccccc1C1CCN(C[C@@H](Cc2cccnc2)NC(=O)O)CC1. The number of carbonyl (C=O) groups is 1. The zero-order valence-corrected chi connectivity index (χ0v) is 20.8. The average Bonchev–Trinajstić information content (AvgIpc) is 2.85. The number of hydrogen-bond donors (Lipinski definition) is 2. The van der Waals surface area contributed by atoms with Crippen molar-refractivity contribution >= 4 is 6.09 Å². The Morgan fingerprint density at radius 3 is 2.44 bits per heavy atom. The standard InChI is InChI=1S/C21H27N3O3.C7H14/c1-27-20-7-3-2-6-19(20)17-8-11-24(12-9-17)15-18(23-21(25)26)13-16-5-4-10-22-14-16;1-7-5-3-2-4-6-7/h2-7,10,14,17-18,23H,8-9,11-13,15H2,1H3,(H,25,26);7H,2-6H2,1H3/t18-;/m1./s1. The predicted octanol–water partition coefficient (Wildman–Crippen LogP) is 5.74. The third-order valence-corrected chi connectivity index (χ3v) is 7.07. The first-order chi connectivity index (χ1) is 16.5. The number of benzene rings is 1. The number of carboxylic acid groups (broad SMARTS) is 1. The van der Waals surface area contributed by atoms with E-state index >= 15 is 0 Å². The van der Waals surface area contributed by atoms with Crippen LogP contribution in [-0.4, -0.2) is 53.9 Å². The quantitative estimate of drug-likeness (QED) is 0.543. The molecule has 1 aliphatic carbocycles. The van der Waals surface area contributed by atoms with Gasteiger partial charge in [-0.3, -0.25) is 4.98 Å². The number of nitrogens with zero attached hydrogens (tertiary/aromatic N) is 2. The number of ether oxygens (including phenoxy) is 1. The van der Waals surface area contributed by atoms with Gasteiger partial charge in [0.1, 0.15) is 5.75 Å². The van der Waals surface area contributed by atoms with Gasteiger partial charge in [-0.15, -0.1) is 0 Å². The van der Waals surface area contributed by atoms with E-state index in [9.17, 15) is 9.90 Å². The van der Waals surface area contributed by atoms with Crippen LogP contribution in [0.3, 0.4) is 0 Å². The summed E-state index contributed by atoms with van der Waals surface area (Å²) in [5, 5.41) is 11.8.